The van der Waals surface area contributed by atoms with E-state index in [0.29, 0.717) is 36.8 Å². The highest BCUT2D eigenvalue weighted by atomic mass is 32.2. The van der Waals surface area contributed by atoms with Gasteiger partial charge in [-0.3, -0.25) is 13.9 Å². The molecule has 1 aliphatic rings. The minimum absolute atomic E-state index is 0.0602. The van der Waals surface area contributed by atoms with Gasteiger partial charge in [0.25, 0.3) is 0 Å². The Balaban J connectivity index is 1.54. The smallest absolute Gasteiger partial charge is 0.242 e. The van der Waals surface area contributed by atoms with Crippen LogP contribution in [-0.4, -0.2) is 64.2 Å². The summed E-state index contributed by atoms with van der Waals surface area (Å²) in [5.41, 5.74) is 3.37. The van der Waals surface area contributed by atoms with Gasteiger partial charge < -0.3 is 19.7 Å². The Morgan fingerprint density at radius 3 is 2.27 bits per heavy atom. The van der Waals surface area contributed by atoms with Gasteiger partial charge in [0.2, 0.25) is 21.8 Å². The van der Waals surface area contributed by atoms with E-state index in [2.05, 4.69) is 5.32 Å². The third kappa shape index (κ3) is 8.00. The minimum Gasteiger partial charge on any atom is -0.486 e. The summed E-state index contributed by atoms with van der Waals surface area (Å²) in [6, 6.07) is 21.7. The zero-order valence-corrected chi connectivity index (χ0v) is 24.5. The number of fused-ring (bicyclic) bond motifs is 1. The Kier molecular flexibility index (Phi) is 9.88. The predicted molar refractivity (Wildman–Crippen MR) is 159 cm³/mol. The van der Waals surface area contributed by atoms with Gasteiger partial charge in [-0.25, -0.2) is 8.42 Å². The van der Waals surface area contributed by atoms with Crippen LogP contribution in [0.5, 0.6) is 11.5 Å². The lowest BCUT2D eigenvalue weighted by molar-refractivity contribution is -0.141. The summed E-state index contributed by atoms with van der Waals surface area (Å²) < 4.78 is 37.9. The van der Waals surface area contributed by atoms with Crippen molar-refractivity contribution in [3.63, 3.8) is 0 Å². The Morgan fingerprint density at radius 1 is 0.927 bits per heavy atom. The number of carbonyl (C=O) groups is 2. The van der Waals surface area contributed by atoms with E-state index in [1.54, 1.807) is 30.1 Å². The van der Waals surface area contributed by atoms with Crippen LogP contribution in [0.15, 0.2) is 72.8 Å². The number of sulfonamides is 1. The van der Waals surface area contributed by atoms with Crippen LogP contribution in [0.3, 0.4) is 0 Å². The van der Waals surface area contributed by atoms with Crippen molar-refractivity contribution < 1.29 is 27.5 Å². The van der Waals surface area contributed by atoms with Crippen molar-refractivity contribution in [3.05, 3.63) is 89.5 Å². The highest BCUT2D eigenvalue weighted by molar-refractivity contribution is 7.92. The first-order valence-electron chi connectivity index (χ1n) is 13.6. The number of hydrogen-bond acceptors (Lipinski definition) is 6. The largest absolute Gasteiger partial charge is 0.486 e. The minimum atomic E-state index is -3.64. The number of likely N-dealkylation sites (N-methyl/N-ethyl adjacent to an activating group) is 1. The molecule has 4 rings (SSSR count). The molecule has 2 amide bonds. The highest BCUT2D eigenvalue weighted by Crippen LogP contribution is 2.34. The molecule has 0 aliphatic carbocycles. The molecule has 41 heavy (non-hydrogen) atoms. The monoisotopic (exact) mass is 579 g/mol. The van der Waals surface area contributed by atoms with E-state index in [1.807, 2.05) is 61.5 Å². The average molecular weight is 580 g/mol. The molecule has 1 aliphatic heterocycles. The standard InChI is InChI=1S/C31H37N3O6S/c1-23-11-13-25(14-12-23)22-33(27(31(36)32-2)20-24-8-5-4-6-9-24)30(35)10-7-17-34(41(3,37)38)26-15-16-28-29(21-26)40-19-18-39-28/h4-6,8-9,11-16,21,27H,7,10,17-20,22H2,1-3H3,(H,32,36)/t27-/m0/s1. The molecule has 3 aromatic carbocycles. The SMILES string of the molecule is CNC(=O)[C@H](Cc1ccccc1)N(Cc1ccc(C)cc1)C(=O)CCCN(c1ccc2c(c1)OCCO2)S(C)(=O)=O. The second-order valence-electron chi connectivity index (χ2n) is 10.1. The molecule has 1 heterocycles. The van der Waals surface area contributed by atoms with Gasteiger partial charge in [0, 0.05) is 39.0 Å². The van der Waals surface area contributed by atoms with E-state index in [0.717, 1.165) is 22.9 Å². The Hall–Kier alpha value is -4.05. The number of rotatable bonds is 12. The lowest BCUT2D eigenvalue weighted by atomic mass is 10.0. The molecule has 0 saturated heterocycles. The fourth-order valence-electron chi connectivity index (χ4n) is 4.80. The molecule has 0 spiro atoms. The Labute approximate surface area is 242 Å². The molecular weight excluding hydrogens is 542 g/mol. The number of benzene rings is 3. The summed E-state index contributed by atoms with van der Waals surface area (Å²) in [5, 5.41) is 2.71. The molecule has 1 atom stereocenters. The van der Waals surface area contributed by atoms with Crippen molar-refractivity contribution in [1.29, 1.82) is 0 Å². The fraction of sp³-hybridized carbons (Fsp3) is 0.355. The van der Waals surface area contributed by atoms with Crippen molar-refractivity contribution in [3.8, 4) is 11.5 Å². The van der Waals surface area contributed by atoms with Crippen LogP contribution in [-0.2, 0) is 32.6 Å². The van der Waals surface area contributed by atoms with E-state index < -0.39 is 16.1 Å². The van der Waals surface area contributed by atoms with Crippen LogP contribution in [0.1, 0.15) is 29.5 Å². The maximum Gasteiger partial charge on any atom is 0.242 e. The summed E-state index contributed by atoms with van der Waals surface area (Å²) in [6.45, 7) is 3.15. The zero-order chi connectivity index (χ0) is 29.4. The normalized spacial score (nSPS) is 13.2. The van der Waals surface area contributed by atoms with E-state index in [9.17, 15) is 18.0 Å². The number of nitrogens with zero attached hydrogens (tertiary/aromatic N) is 2. The molecular formula is C31H37N3O6S. The predicted octanol–water partition coefficient (Wildman–Crippen LogP) is 3.70. The molecule has 1 N–H and O–H groups in total. The lowest BCUT2D eigenvalue weighted by Gasteiger charge is -2.31. The van der Waals surface area contributed by atoms with Gasteiger partial charge in [0.05, 0.1) is 11.9 Å². The first-order valence-corrected chi connectivity index (χ1v) is 15.5. The maximum absolute atomic E-state index is 13.8. The van der Waals surface area contributed by atoms with Gasteiger partial charge in [-0.15, -0.1) is 0 Å². The number of aryl methyl sites for hydroxylation is 1. The summed E-state index contributed by atoms with van der Waals surface area (Å²) in [6.07, 6.45) is 1.81. The molecule has 0 unspecified atom stereocenters. The zero-order valence-electron chi connectivity index (χ0n) is 23.7. The molecule has 0 aromatic heterocycles. The second-order valence-corrected chi connectivity index (χ2v) is 12.0. The highest BCUT2D eigenvalue weighted by Gasteiger charge is 2.30. The lowest BCUT2D eigenvalue weighted by Crippen LogP contribution is -2.49. The molecule has 218 valence electrons. The van der Waals surface area contributed by atoms with Gasteiger partial charge in [-0.2, -0.15) is 0 Å². The number of ether oxygens (including phenoxy) is 2. The summed E-state index contributed by atoms with van der Waals surface area (Å²) in [5.74, 6) is 0.556. The number of carbonyl (C=O) groups excluding carboxylic acids is 2. The van der Waals surface area contributed by atoms with Crippen molar-refractivity contribution in [2.45, 2.75) is 38.8 Å². The summed E-state index contributed by atoms with van der Waals surface area (Å²) >= 11 is 0. The third-order valence-corrected chi connectivity index (χ3v) is 8.15. The number of nitrogens with one attached hydrogen (secondary N) is 1. The topological polar surface area (TPSA) is 105 Å². The van der Waals surface area contributed by atoms with Crippen molar-refractivity contribution in [2.75, 3.05) is 37.4 Å². The average Bonchev–Trinajstić information content (AvgIpc) is 2.97. The van der Waals surface area contributed by atoms with Gasteiger partial charge in [-0.05, 0) is 36.6 Å². The molecule has 0 fully saturated rings. The van der Waals surface area contributed by atoms with Crippen molar-refractivity contribution in [2.24, 2.45) is 0 Å². The molecule has 0 saturated carbocycles. The quantitative estimate of drug-likeness (QED) is 0.351. The Morgan fingerprint density at radius 2 is 1.61 bits per heavy atom. The van der Waals surface area contributed by atoms with Gasteiger partial charge in [0.15, 0.2) is 11.5 Å². The first-order chi connectivity index (χ1) is 19.7. The van der Waals surface area contributed by atoms with Crippen molar-refractivity contribution >= 4 is 27.5 Å². The van der Waals surface area contributed by atoms with E-state index >= 15 is 0 Å². The maximum atomic E-state index is 13.8. The Bertz CT molecular complexity index is 1440. The summed E-state index contributed by atoms with van der Waals surface area (Å²) in [7, 11) is -2.08. The van der Waals surface area contributed by atoms with Crippen LogP contribution in [0.25, 0.3) is 0 Å². The fourth-order valence-corrected chi connectivity index (χ4v) is 5.76. The van der Waals surface area contributed by atoms with Crippen LogP contribution in [0.4, 0.5) is 5.69 Å². The van der Waals surface area contributed by atoms with Gasteiger partial charge in [-0.1, -0.05) is 60.2 Å². The molecule has 9 nitrogen and oxygen atoms in total. The van der Waals surface area contributed by atoms with Crippen LogP contribution in [0.2, 0.25) is 0 Å². The van der Waals surface area contributed by atoms with E-state index in [4.69, 9.17) is 9.47 Å². The molecule has 3 aromatic rings. The van der Waals surface area contributed by atoms with Crippen LogP contribution < -0.4 is 19.1 Å². The van der Waals surface area contributed by atoms with Crippen LogP contribution in [0, 0.1) is 6.92 Å². The van der Waals surface area contributed by atoms with E-state index in [-0.39, 0.29) is 37.7 Å². The number of anilines is 1. The van der Waals surface area contributed by atoms with E-state index in [1.165, 1.54) is 4.31 Å². The molecule has 0 bridgehead atoms. The van der Waals surface area contributed by atoms with Gasteiger partial charge >= 0.3 is 0 Å². The van der Waals surface area contributed by atoms with Crippen molar-refractivity contribution in [1.82, 2.24) is 10.2 Å². The number of hydrogen-bond donors (Lipinski definition) is 1. The second kappa shape index (κ2) is 13.5. The van der Waals surface area contributed by atoms with Gasteiger partial charge in [0.1, 0.15) is 19.3 Å². The third-order valence-electron chi connectivity index (χ3n) is 6.96. The first kappa shape index (κ1) is 29.9. The summed E-state index contributed by atoms with van der Waals surface area (Å²) in [4.78, 5) is 28.5. The van der Waals surface area contributed by atoms with Crippen LogP contribution >= 0.6 is 0 Å². The number of amides is 2. The molecule has 10 heteroatoms. The molecule has 0 radical (unpaired) electrons.